The first-order chi connectivity index (χ1) is 19.7. The van der Waals surface area contributed by atoms with Gasteiger partial charge >= 0.3 is 6.09 Å². The van der Waals surface area contributed by atoms with Crippen LogP contribution in [-0.4, -0.2) is 77.5 Å². The molecule has 1 atom stereocenters. The second kappa shape index (κ2) is 14.0. The molecule has 3 amide bonds. The molecule has 0 aliphatic carbocycles. The molecule has 0 saturated carbocycles. The first kappa shape index (κ1) is 32.9. The summed E-state index contributed by atoms with van der Waals surface area (Å²) in [4.78, 5) is 45.8. The average molecular weight is 592 g/mol. The van der Waals surface area contributed by atoms with E-state index in [0.29, 0.717) is 19.4 Å². The van der Waals surface area contributed by atoms with Crippen LogP contribution in [0.5, 0.6) is 0 Å². The van der Waals surface area contributed by atoms with Gasteiger partial charge in [-0.3, -0.25) is 9.59 Å². The Morgan fingerprint density at radius 1 is 0.929 bits per heavy atom. The molecule has 1 aromatic heterocycles. The van der Waals surface area contributed by atoms with Crippen LogP contribution < -0.4 is 0 Å². The SMILES string of the molecule is CN(CCc1cccs1)C(=O)C(Cc1ccc2ccccc2c1)N(C)C(=O)C=CCC(C)(C)N(C)C(=O)OC(C)(C)C. The van der Waals surface area contributed by atoms with Crippen LogP contribution >= 0.6 is 11.3 Å². The van der Waals surface area contributed by atoms with Gasteiger partial charge in [0.15, 0.2) is 0 Å². The molecule has 0 N–H and O–H groups in total. The summed E-state index contributed by atoms with van der Waals surface area (Å²) in [5.41, 5.74) is -0.193. The molecule has 7 nitrogen and oxygen atoms in total. The topological polar surface area (TPSA) is 70.2 Å². The number of hydrogen-bond donors (Lipinski definition) is 0. The van der Waals surface area contributed by atoms with Gasteiger partial charge in [0.05, 0.1) is 0 Å². The molecule has 0 aliphatic rings. The van der Waals surface area contributed by atoms with Gasteiger partial charge < -0.3 is 19.4 Å². The minimum atomic E-state index is -0.672. The molecule has 3 rings (SSSR count). The lowest BCUT2D eigenvalue weighted by Crippen LogP contribution is -2.49. The van der Waals surface area contributed by atoms with Crippen molar-refractivity contribution in [3.8, 4) is 0 Å². The lowest BCUT2D eigenvalue weighted by Gasteiger charge is -2.36. The fraction of sp³-hybridized carbons (Fsp3) is 0.441. The highest BCUT2D eigenvalue weighted by molar-refractivity contribution is 7.09. The molecule has 0 spiro atoms. The average Bonchev–Trinajstić information content (AvgIpc) is 3.46. The molecule has 226 valence electrons. The third-order valence-electron chi connectivity index (χ3n) is 7.45. The van der Waals surface area contributed by atoms with Crippen molar-refractivity contribution >= 4 is 40.0 Å². The fourth-order valence-corrected chi connectivity index (χ4v) is 5.21. The highest BCUT2D eigenvalue weighted by Gasteiger charge is 2.31. The monoisotopic (exact) mass is 591 g/mol. The van der Waals surface area contributed by atoms with Crippen LogP contribution in [0.4, 0.5) is 4.79 Å². The molecular weight excluding hydrogens is 546 g/mol. The molecule has 1 unspecified atom stereocenters. The molecule has 42 heavy (non-hydrogen) atoms. The number of carbonyl (C=O) groups excluding carboxylic acids is 3. The minimum Gasteiger partial charge on any atom is -0.444 e. The van der Waals surface area contributed by atoms with Crippen LogP contribution in [0.25, 0.3) is 10.8 Å². The Morgan fingerprint density at radius 2 is 1.62 bits per heavy atom. The van der Waals surface area contributed by atoms with E-state index in [9.17, 15) is 14.4 Å². The second-order valence-corrected chi connectivity index (χ2v) is 13.4. The first-order valence-electron chi connectivity index (χ1n) is 14.3. The number of hydrogen-bond acceptors (Lipinski definition) is 5. The largest absolute Gasteiger partial charge is 0.444 e. The summed E-state index contributed by atoms with van der Waals surface area (Å²) in [6, 6.07) is 17.7. The van der Waals surface area contributed by atoms with E-state index in [1.807, 2.05) is 64.3 Å². The number of thiophene rings is 1. The van der Waals surface area contributed by atoms with Gasteiger partial charge in [0.1, 0.15) is 11.6 Å². The predicted molar refractivity (Wildman–Crippen MR) is 172 cm³/mol. The van der Waals surface area contributed by atoms with Crippen LogP contribution in [0.2, 0.25) is 0 Å². The van der Waals surface area contributed by atoms with Crippen LogP contribution in [0.1, 0.15) is 51.5 Å². The molecule has 8 heteroatoms. The number of nitrogens with zero attached hydrogens (tertiary/aromatic N) is 3. The number of carbonyl (C=O) groups is 3. The maximum Gasteiger partial charge on any atom is 0.410 e. The van der Waals surface area contributed by atoms with E-state index in [1.54, 1.807) is 48.4 Å². The first-order valence-corrected chi connectivity index (χ1v) is 15.2. The number of likely N-dealkylation sites (N-methyl/N-ethyl adjacent to an activating group) is 2. The molecule has 1 heterocycles. The van der Waals surface area contributed by atoms with Crippen LogP contribution in [0.3, 0.4) is 0 Å². The standard InChI is InChI=1S/C34H45N3O4S/c1-33(2,3)41-32(40)37(8)34(4,5)20-11-16-30(38)36(7)29(31(39)35(6)21-19-28-15-12-22-42-28)24-25-17-18-26-13-9-10-14-27(26)23-25/h9-18,22-23,29H,19-21,24H2,1-8H3. The highest BCUT2D eigenvalue weighted by Crippen LogP contribution is 2.22. The van der Waals surface area contributed by atoms with Crippen molar-refractivity contribution in [3.63, 3.8) is 0 Å². The quantitative estimate of drug-likeness (QED) is 0.237. The Hall–Kier alpha value is -3.65. The van der Waals surface area contributed by atoms with Crippen molar-refractivity contribution in [1.29, 1.82) is 0 Å². The maximum absolute atomic E-state index is 13.8. The van der Waals surface area contributed by atoms with E-state index < -0.39 is 23.3 Å². The highest BCUT2D eigenvalue weighted by atomic mass is 32.1. The Bertz CT molecular complexity index is 1390. The number of benzene rings is 2. The fourth-order valence-electron chi connectivity index (χ4n) is 4.51. The smallest absolute Gasteiger partial charge is 0.410 e. The third-order valence-corrected chi connectivity index (χ3v) is 8.38. The summed E-state index contributed by atoms with van der Waals surface area (Å²) in [5.74, 6) is -0.370. The molecule has 2 aromatic carbocycles. The normalized spacial score (nSPS) is 12.8. The van der Waals surface area contributed by atoms with E-state index in [-0.39, 0.29) is 11.8 Å². The molecule has 0 bridgehead atoms. The molecule has 0 aliphatic heterocycles. The second-order valence-electron chi connectivity index (χ2n) is 12.4. The van der Waals surface area contributed by atoms with Crippen molar-refractivity contribution < 1.29 is 19.1 Å². The number of fused-ring (bicyclic) bond motifs is 1. The zero-order valence-corrected chi connectivity index (χ0v) is 27.0. The van der Waals surface area contributed by atoms with Gasteiger partial charge in [-0.05, 0) is 81.3 Å². The summed E-state index contributed by atoms with van der Waals surface area (Å²) in [6.07, 6.45) is 4.44. The summed E-state index contributed by atoms with van der Waals surface area (Å²) >= 11 is 1.67. The number of ether oxygens (including phenoxy) is 1. The summed E-state index contributed by atoms with van der Waals surface area (Å²) < 4.78 is 5.50. The molecule has 3 aromatic rings. The molecule has 0 fully saturated rings. The van der Waals surface area contributed by atoms with Gasteiger partial charge in [-0.15, -0.1) is 11.3 Å². The Labute approximate surface area is 254 Å². The van der Waals surface area contributed by atoms with Crippen molar-refractivity contribution in [3.05, 3.63) is 82.6 Å². The van der Waals surface area contributed by atoms with Gasteiger partial charge in [0, 0.05) is 44.5 Å². The zero-order chi connectivity index (χ0) is 31.1. The van der Waals surface area contributed by atoms with Crippen molar-refractivity contribution in [1.82, 2.24) is 14.7 Å². The van der Waals surface area contributed by atoms with E-state index in [0.717, 1.165) is 22.8 Å². The number of amides is 3. The Morgan fingerprint density at radius 3 is 2.26 bits per heavy atom. The van der Waals surface area contributed by atoms with E-state index in [2.05, 4.69) is 30.3 Å². The lowest BCUT2D eigenvalue weighted by atomic mass is 9.98. The van der Waals surface area contributed by atoms with E-state index in [4.69, 9.17) is 4.74 Å². The Kier molecular flexibility index (Phi) is 11.0. The van der Waals surface area contributed by atoms with Crippen LogP contribution in [-0.2, 0) is 27.2 Å². The van der Waals surface area contributed by atoms with Gasteiger partial charge in [0.25, 0.3) is 0 Å². The van der Waals surface area contributed by atoms with Gasteiger partial charge in [0.2, 0.25) is 11.8 Å². The van der Waals surface area contributed by atoms with Gasteiger partial charge in [-0.25, -0.2) is 4.79 Å². The third kappa shape index (κ3) is 9.18. The number of rotatable bonds is 11. The predicted octanol–water partition coefficient (Wildman–Crippen LogP) is 6.56. The summed E-state index contributed by atoms with van der Waals surface area (Å²) in [6.45, 7) is 9.89. The summed E-state index contributed by atoms with van der Waals surface area (Å²) in [7, 11) is 5.17. The zero-order valence-electron chi connectivity index (χ0n) is 26.2. The Balaban J connectivity index is 1.76. The van der Waals surface area contributed by atoms with Crippen molar-refractivity contribution in [2.75, 3.05) is 27.7 Å². The van der Waals surface area contributed by atoms with Crippen LogP contribution in [0, 0.1) is 0 Å². The maximum atomic E-state index is 13.8. The molecule has 0 saturated heterocycles. The molecular formula is C34H45N3O4S. The van der Waals surface area contributed by atoms with Crippen molar-refractivity contribution in [2.45, 2.75) is 71.1 Å². The van der Waals surface area contributed by atoms with E-state index in [1.165, 1.54) is 15.9 Å². The van der Waals surface area contributed by atoms with Crippen molar-refractivity contribution in [2.24, 2.45) is 0 Å². The lowest BCUT2D eigenvalue weighted by molar-refractivity contribution is -0.141. The van der Waals surface area contributed by atoms with Gasteiger partial charge in [-0.1, -0.05) is 54.6 Å². The van der Waals surface area contributed by atoms with Gasteiger partial charge in [-0.2, -0.15) is 0 Å². The summed E-state index contributed by atoms with van der Waals surface area (Å²) in [5, 5.41) is 4.26. The van der Waals surface area contributed by atoms with Crippen LogP contribution in [0.15, 0.2) is 72.1 Å². The molecule has 0 radical (unpaired) electrons. The van der Waals surface area contributed by atoms with E-state index >= 15 is 0 Å². The minimum absolute atomic E-state index is 0.103.